The Kier molecular flexibility index (Phi) is 11.0. The van der Waals surface area contributed by atoms with E-state index in [-0.39, 0.29) is 37.2 Å². The van der Waals surface area contributed by atoms with Crippen molar-refractivity contribution in [2.75, 3.05) is 6.54 Å². The number of rotatable bonds is 14. The van der Waals surface area contributed by atoms with Gasteiger partial charge in [0.05, 0.1) is 12.6 Å². The van der Waals surface area contributed by atoms with Crippen molar-refractivity contribution in [1.29, 1.82) is 0 Å². The number of carboxylic acid groups (broad SMARTS) is 1. The van der Waals surface area contributed by atoms with Gasteiger partial charge in [-0.25, -0.2) is 4.79 Å². The molecule has 4 amide bonds. The Morgan fingerprint density at radius 2 is 1.29 bits per heavy atom. The molecule has 0 spiro atoms. The predicted molar refractivity (Wildman–Crippen MR) is 135 cm³/mol. The number of amides is 4. The van der Waals surface area contributed by atoms with Crippen LogP contribution in [0.3, 0.4) is 0 Å². The summed E-state index contributed by atoms with van der Waals surface area (Å²) in [6.07, 6.45) is -0.427. The number of phenolic OH excluding ortho intramolecular Hbond substituents is 2. The standard InChI is InChI=1S/C25H31N5O8/c26-18(11-14-1-5-16(31)6-2-14)23(35)28-13-22(34)29-20(12-15-3-7-17(32)8-4-15)24(36)30-19(25(37)38)9-10-21(27)33/h1-8,18-20,31-32H,9-13,26H2,(H2,27,33)(H,28,35)(H,29,34)(H,30,36)(H,37,38). The van der Waals surface area contributed by atoms with Crippen molar-refractivity contribution in [3.63, 3.8) is 0 Å². The first kappa shape index (κ1) is 29.6. The Morgan fingerprint density at radius 3 is 1.79 bits per heavy atom. The van der Waals surface area contributed by atoms with Crippen LogP contribution >= 0.6 is 0 Å². The first-order valence-electron chi connectivity index (χ1n) is 11.6. The molecule has 38 heavy (non-hydrogen) atoms. The SMILES string of the molecule is NC(=O)CCC(NC(=O)C(Cc1ccc(O)cc1)NC(=O)CNC(=O)C(N)Cc1ccc(O)cc1)C(=O)O. The molecule has 3 atom stereocenters. The Hall–Kier alpha value is -4.65. The summed E-state index contributed by atoms with van der Waals surface area (Å²) in [6.45, 7) is -0.508. The van der Waals surface area contributed by atoms with Gasteiger partial charge in [0.2, 0.25) is 23.6 Å². The number of carbonyl (C=O) groups excluding carboxylic acids is 4. The molecule has 0 heterocycles. The molecule has 0 aliphatic rings. The number of aliphatic carboxylic acids is 1. The maximum absolute atomic E-state index is 12.9. The third-order valence-electron chi connectivity index (χ3n) is 5.47. The minimum atomic E-state index is -1.42. The van der Waals surface area contributed by atoms with Crippen molar-refractivity contribution in [2.24, 2.45) is 11.5 Å². The summed E-state index contributed by atoms with van der Waals surface area (Å²) in [6, 6.07) is 8.28. The van der Waals surface area contributed by atoms with Crippen LogP contribution < -0.4 is 27.4 Å². The number of carbonyl (C=O) groups is 5. The Labute approximate surface area is 218 Å². The van der Waals surface area contributed by atoms with Crippen LogP contribution in [0.15, 0.2) is 48.5 Å². The van der Waals surface area contributed by atoms with Crippen molar-refractivity contribution in [3.05, 3.63) is 59.7 Å². The van der Waals surface area contributed by atoms with E-state index in [1.165, 1.54) is 36.4 Å². The van der Waals surface area contributed by atoms with Gasteiger partial charge in [-0.3, -0.25) is 19.2 Å². The Morgan fingerprint density at radius 1 is 0.763 bits per heavy atom. The van der Waals surface area contributed by atoms with Crippen molar-refractivity contribution in [3.8, 4) is 11.5 Å². The smallest absolute Gasteiger partial charge is 0.326 e. The molecule has 0 radical (unpaired) electrons. The highest BCUT2D eigenvalue weighted by Crippen LogP contribution is 2.12. The lowest BCUT2D eigenvalue weighted by atomic mass is 10.0. The lowest BCUT2D eigenvalue weighted by molar-refractivity contribution is -0.142. The zero-order chi connectivity index (χ0) is 28.2. The molecule has 0 aliphatic heterocycles. The maximum atomic E-state index is 12.9. The molecule has 13 nitrogen and oxygen atoms in total. The maximum Gasteiger partial charge on any atom is 0.326 e. The van der Waals surface area contributed by atoms with Gasteiger partial charge in [0.25, 0.3) is 0 Å². The fourth-order valence-corrected chi connectivity index (χ4v) is 3.42. The third kappa shape index (κ3) is 10.1. The topological polar surface area (TPSA) is 234 Å². The van der Waals surface area contributed by atoms with Crippen LogP contribution in [0, 0.1) is 0 Å². The van der Waals surface area contributed by atoms with Gasteiger partial charge in [0.15, 0.2) is 0 Å². The molecule has 204 valence electrons. The van der Waals surface area contributed by atoms with E-state index in [0.29, 0.717) is 11.1 Å². The molecule has 2 rings (SSSR count). The number of phenols is 2. The third-order valence-corrected chi connectivity index (χ3v) is 5.47. The summed E-state index contributed by atoms with van der Waals surface area (Å²) in [5.74, 6) is -4.26. The van der Waals surface area contributed by atoms with Crippen molar-refractivity contribution in [1.82, 2.24) is 16.0 Å². The van der Waals surface area contributed by atoms with Crippen LogP contribution in [0.1, 0.15) is 24.0 Å². The number of primary amides is 1. The predicted octanol–water partition coefficient (Wildman–Crippen LogP) is -1.35. The van der Waals surface area contributed by atoms with Gasteiger partial charge in [-0.1, -0.05) is 24.3 Å². The van der Waals surface area contributed by atoms with Crippen LogP contribution in [0.4, 0.5) is 0 Å². The second-order valence-corrected chi connectivity index (χ2v) is 8.59. The molecule has 10 N–H and O–H groups in total. The monoisotopic (exact) mass is 529 g/mol. The number of nitrogens with one attached hydrogen (secondary N) is 3. The fraction of sp³-hybridized carbons (Fsp3) is 0.320. The second-order valence-electron chi connectivity index (χ2n) is 8.59. The summed E-state index contributed by atoms with van der Waals surface area (Å²) in [5, 5.41) is 35.3. The largest absolute Gasteiger partial charge is 0.508 e. The molecule has 3 unspecified atom stereocenters. The summed E-state index contributed by atoms with van der Waals surface area (Å²) in [5.41, 5.74) is 12.2. The lowest BCUT2D eigenvalue weighted by Crippen LogP contribution is -2.54. The molecular weight excluding hydrogens is 498 g/mol. The highest BCUT2D eigenvalue weighted by molar-refractivity contribution is 5.92. The highest BCUT2D eigenvalue weighted by Gasteiger charge is 2.27. The molecule has 0 fully saturated rings. The normalized spacial score (nSPS) is 13.0. The van der Waals surface area contributed by atoms with Gasteiger partial charge in [-0.2, -0.15) is 0 Å². The summed E-state index contributed by atoms with van der Waals surface area (Å²) in [7, 11) is 0. The van der Waals surface area contributed by atoms with Crippen molar-refractivity contribution in [2.45, 2.75) is 43.8 Å². The summed E-state index contributed by atoms with van der Waals surface area (Å²) < 4.78 is 0. The van der Waals surface area contributed by atoms with Gasteiger partial charge in [-0.05, 0) is 48.2 Å². The van der Waals surface area contributed by atoms with Crippen molar-refractivity contribution < 1.29 is 39.3 Å². The van der Waals surface area contributed by atoms with Crippen molar-refractivity contribution >= 4 is 29.6 Å². The lowest BCUT2D eigenvalue weighted by Gasteiger charge is -2.22. The second kappa shape index (κ2) is 14.2. The number of hydrogen-bond acceptors (Lipinski definition) is 8. The molecule has 13 heteroatoms. The van der Waals surface area contributed by atoms with Gasteiger partial charge >= 0.3 is 5.97 Å². The van der Waals surface area contributed by atoms with E-state index in [4.69, 9.17) is 11.5 Å². The molecule has 2 aromatic rings. The molecular formula is C25H31N5O8. The Bertz CT molecular complexity index is 1140. The zero-order valence-corrected chi connectivity index (χ0v) is 20.4. The van der Waals surface area contributed by atoms with E-state index < -0.39 is 54.3 Å². The minimum absolute atomic E-state index is 0.0115. The van der Waals surface area contributed by atoms with Gasteiger partial charge < -0.3 is 42.7 Å². The zero-order valence-electron chi connectivity index (χ0n) is 20.4. The van der Waals surface area contributed by atoms with E-state index >= 15 is 0 Å². The van der Waals surface area contributed by atoms with E-state index in [2.05, 4.69) is 16.0 Å². The average Bonchev–Trinajstić information content (AvgIpc) is 2.86. The molecule has 0 aliphatic carbocycles. The number of nitrogens with two attached hydrogens (primary N) is 2. The first-order chi connectivity index (χ1) is 17.9. The minimum Gasteiger partial charge on any atom is -0.508 e. The van der Waals surface area contributed by atoms with Gasteiger partial charge in [-0.15, -0.1) is 0 Å². The molecule has 0 saturated heterocycles. The van der Waals surface area contributed by atoms with E-state index in [1.807, 2.05) is 0 Å². The van der Waals surface area contributed by atoms with Gasteiger partial charge in [0.1, 0.15) is 23.6 Å². The number of aromatic hydroxyl groups is 2. The summed E-state index contributed by atoms with van der Waals surface area (Å²) in [4.78, 5) is 60.4. The van der Waals surface area contributed by atoms with E-state index in [1.54, 1.807) is 12.1 Å². The number of benzene rings is 2. The van der Waals surface area contributed by atoms with Crippen LogP contribution in [0.25, 0.3) is 0 Å². The molecule has 2 aromatic carbocycles. The first-order valence-corrected chi connectivity index (χ1v) is 11.6. The van der Waals surface area contributed by atoms with Crippen LogP contribution in [0.5, 0.6) is 11.5 Å². The number of carboxylic acids is 1. The van der Waals surface area contributed by atoms with Crippen LogP contribution in [0.2, 0.25) is 0 Å². The highest BCUT2D eigenvalue weighted by atomic mass is 16.4. The van der Waals surface area contributed by atoms with E-state index in [0.717, 1.165) is 0 Å². The summed E-state index contributed by atoms with van der Waals surface area (Å²) >= 11 is 0. The molecule has 0 aromatic heterocycles. The van der Waals surface area contributed by atoms with Crippen LogP contribution in [-0.4, -0.2) is 69.6 Å². The van der Waals surface area contributed by atoms with E-state index in [9.17, 15) is 39.3 Å². The average molecular weight is 530 g/mol. The fourth-order valence-electron chi connectivity index (χ4n) is 3.42. The molecule has 0 bridgehead atoms. The van der Waals surface area contributed by atoms with Crippen LogP contribution in [-0.2, 0) is 36.8 Å². The van der Waals surface area contributed by atoms with Gasteiger partial charge in [0, 0.05) is 12.8 Å². The molecule has 0 saturated carbocycles. The Balaban J connectivity index is 2.02. The quantitative estimate of drug-likeness (QED) is 0.144. The number of hydrogen-bond donors (Lipinski definition) is 8.